The largest absolute Gasteiger partial charge is 0.336 e. The van der Waals surface area contributed by atoms with E-state index in [1.165, 1.54) is 0 Å². The second kappa shape index (κ2) is 8.22. The van der Waals surface area contributed by atoms with Crippen molar-refractivity contribution in [3.8, 4) is 0 Å². The van der Waals surface area contributed by atoms with Gasteiger partial charge in [0.15, 0.2) is 0 Å². The number of nitrogens with one attached hydrogen (secondary N) is 1. The molecule has 0 radical (unpaired) electrons. The smallest absolute Gasteiger partial charge is 0.227 e. The number of hydrogen-bond donors (Lipinski definition) is 1. The van der Waals surface area contributed by atoms with Crippen LogP contribution in [0.2, 0.25) is 0 Å². The van der Waals surface area contributed by atoms with Crippen LogP contribution in [-0.4, -0.2) is 34.9 Å². The van der Waals surface area contributed by atoms with Gasteiger partial charge in [0.05, 0.1) is 5.92 Å². The fourth-order valence-electron chi connectivity index (χ4n) is 2.50. The molecule has 1 aromatic rings. The van der Waals surface area contributed by atoms with Crippen molar-refractivity contribution in [3.63, 3.8) is 0 Å². The Morgan fingerprint density at radius 3 is 2.90 bits per heavy atom. The van der Waals surface area contributed by atoms with Gasteiger partial charge in [-0.2, -0.15) is 0 Å². The molecule has 1 amide bonds. The zero-order valence-corrected chi connectivity index (χ0v) is 13.0. The normalized spacial score (nSPS) is 18.4. The first-order chi connectivity index (χ1) is 9.18. The van der Waals surface area contributed by atoms with Crippen LogP contribution in [0.15, 0.2) is 24.5 Å². The van der Waals surface area contributed by atoms with Crippen molar-refractivity contribution >= 4 is 18.3 Å². The van der Waals surface area contributed by atoms with Crippen molar-refractivity contribution < 1.29 is 4.79 Å². The van der Waals surface area contributed by atoms with Crippen molar-refractivity contribution in [2.24, 2.45) is 5.92 Å². The van der Waals surface area contributed by atoms with Crippen LogP contribution in [0, 0.1) is 5.92 Å². The van der Waals surface area contributed by atoms with Crippen molar-refractivity contribution in [3.05, 3.63) is 30.1 Å². The number of piperidine rings is 1. The Hall–Kier alpha value is -1.13. The molecule has 2 rings (SSSR count). The Balaban J connectivity index is 0.00000200. The van der Waals surface area contributed by atoms with Crippen LogP contribution < -0.4 is 5.32 Å². The quantitative estimate of drug-likeness (QED) is 0.927. The van der Waals surface area contributed by atoms with Gasteiger partial charge >= 0.3 is 0 Å². The van der Waals surface area contributed by atoms with Crippen LogP contribution in [0.5, 0.6) is 0 Å². The van der Waals surface area contributed by atoms with E-state index in [1.54, 1.807) is 6.20 Å². The van der Waals surface area contributed by atoms with Crippen LogP contribution in [0.25, 0.3) is 0 Å². The van der Waals surface area contributed by atoms with Crippen LogP contribution in [-0.2, 0) is 11.3 Å². The van der Waals surface area contributed by atoms with Gasteiger partial charge in [-0.05, 0) is 44.9 Å². The van der Waals surface area contributed by atoms with E-state index >= 15 is 0 Å². The number of halogens is 1. The zero-order valence-electron chi connectivity index (χ0n) is 12.2. The minimum absolute atomic E-state index is 0. The second-order valence-corrected chi connectivity index (χ2v) is 5.46. The van der Waals surface area contributed by atoms with Gasteiger partial charge in [-0.1, -0.05) is 6.07 Å². The molecule has 1 aliphatic rings. The molecule has 1 unspecified atom stereocenters. The SMILES string of the molecule is CC(C)N(Cc1cccnc1)C(=O)C1CCCNC1.Cl. The van der Waals surface area contributed by atoms with Crippen molar-refractivity contribution in [2.75, 3.05) is 13.1 Å². The highest BCUT2D eigenvalue weighted by molar-refractivity contribution is 5.85. The van der Waals surface area contributed by atoms with Gasteiger partial charge in [0, 0.05) is 31.5 Å². The molecule has 0 aromatic carbocycles. The molecule has 0 bridgehead atoms. The number of carbonyl (C=O) groups excluding carboxylic acids is 1. The molecule has 1 atom stereocenters. The highest BCUT2D eigenvalue weighted by Gasteiger charge is 2.27. The maximum atomic E-state index is 12.6. The number of amides is 1. The minimum Gasteiger partial charge on any atom is -0.336 e. The average Bonchev–Trinajstić information content (AvgIpc) is 2.46. The van der Waals surface area contributed by atoms with Crippen molar-refractivity contribution in [1.29, 1.82) is 0 Å². The molecule has 0 saturated carbocycles. The molecule has 0 aliphatic carbocycles. The molecule has 1 N–H and O–H groups in total. The van der Waals surface area contributed by atoms with E-state index < -0.39 is 0 Å². The standard InChI is InChI=1S/C15H23N3O.ClH/c1-12(2)18(11-13-5-3-7-16-9-13)15(19)14-6-4-8-17-10-14;/h3,5,7,9,12,14,17H,4,6,8,10-11H2,1-2H3;1H. The summed E-state index contributed by atoms with van der Waals surface area (Å²) in [6.07, 6.45) is 5.69. The van der Waals surface area contributed by atoms with E-state index in [2.05, 4.69) is 24.1 Å². The number of pyridine rings is 1. The highest BCUT2D eigenvalue weighted by atomic mass is 35.5. The minimum atomic E-state index is 0. The lowest BCUT2D eigenvalue weighted by Crippen LogP contribution is -2.45. The predicted molar refractivity (Wildman–Crippen MR) is 82.8 cm³/mol. The van der Waals surface area contributed by atoms with Crippen LogP contribution in [0.1, 0.15) is 32.3 Å². The van der Waals surface area contributed by atoms with E-state index in [1.807, 2.05) is 23.2 Å². The van der Waals surface area contributed by atoms with Crippen LogP contribution in [0.4, 0.5) is 0 Å². The Morgan fingerprint density at radius 1 is 1.55 bits per heavy atom. The van der Waals surface area contributed by atoms with E-state index in [0.29, 0.717) is 6.54 Å². The molecule has 1 saturated heterocycles. The Bertz CT molecular complexity index is 405. The molecule has 2 heterocycles. The molecule has 5 heteroatoms. The summed E-state index contributed by atoms with van der Waals surface area (Å²) in [5.74, 6) is 0.402. The molecule has 112 valence electrons. The summed E-state index contributed by atoms with van der Waals surface area (Å²) in [5.41, 5.74) is 1.09. The fourth-order valence-corrected chi connectivity index (χ4v) is 2.50. The fraction of sp³-hybridized carbons (Fsp3) is 0.600. The average molecular weight is 298 g/mol. The molecule has 0 spiro atoms. The van der Waals surface area contributed by atoms with E-state index in [4.69, 9.17) is 0 Å². The molecular weight excluding hydrogens is 274 g/mol. The van der Waals surface area contributed by atoms with Crippen LogP contribution >= 0.6 is 12.4 Å². The van der Waals surface area contributed by atoms with Crippen LogP contribution in [0.3, 0.4) is 0 Å². The summed E-state index contributed by atoms with van der Waals surface area (Å²) in [6, 6.07) is 4.16. The number of nitrogens with zero attached hydrogens (tertiary/aromatic N) is 2. The first-order valence-electron chi connectivity index (χ1n) is 7.08. The Morgan fingerprint density at radius 2 is 2.35 bits per heavy atom. The summed E-state index contributed by atoms with van der Waals surface area (Å²) >= 11 is 0. The van der Waals surface area contributed by atoms with E-state index in [9.17, 15) is 4.79 Å². The van der Waals surface area contributed by atoms with Gasteiger partial charge in [0.2, 0.25) is 5.91 Å². The van der Waals surface area contributed by atoms with Gasteiger partial charge in [0.1, 0.15) is 0 Å². The Labute approximate surface area is 127 Å². The maximum absolute atomic E-state index is 12.6. The highest BCUT2D eigenvalue weighted by Crippen LogP contribution is 2.17. The lowest BCUT2D eigenvalue weighted by atomic mass is 9.97. The molecule has 1 aromatic heterocycles. The lowest BCUT2D eigenvalue weighted by molar-refractivity contribution is -0.138. The van der Waals surface area contributed by atoms with Crippen molar-refractivity contribution in [1.82, 2.24) is 15.2 Å². The third kappa shape index (κ3) is 4.46. The topological polar surface area (TPSA) is 45.2 Å². The van der Waals surface area contributed by atoms with Gasteiger partial charge in [-0.15, -0.1) is 12.4 Å². The molecule has 1 aliphatic heterocycles. The van der Waals surface area contributed by atoms with Gasteiger partial charge in [0.25, 0.3) is 0 Å². The zero-order chi connectivity index (χ0) is 13.7. The van der Waals surface area contributed by atoms with E-state index in [0.717, 1.165) is 31.5 Å². The van der Waals surface area contributed by atoms with Gasteiger partial charge < -0.3 is 10.2 Å². The van der Waals surface area contributed by atoms with Gasteiger partial charge in [-0.25, -0.2) is 0 Å². The first-order valence-corrected chi connectivity index (χ1v) is 7.08. The molecule has 4 nitrogen and oxygen atoms in total. The third-order valence-electron chi connectivity index (χ3n) is 3.63. The third-order valence-corrected chi connectivity index (χ3v) is 3.63. The predicted octanol–water partition coefficient (Wildman–Crippen LogP) is 2.24. The van der Waals surface area contributed by atoms with E-state index in [-0.39, 0.29) is 30.3 Å². The number of carbonyl (C=O) groups is 1. The lowest BCUT2D eigenvalue weighted by Gasteiger charge is -2.32. The number of aromatic nitrogens is 1. The summed E-state index contributed by atoms with van der Waals surface area (Å²) in [5, 5.41) is 3.31. The molecule has 20 heavy (non-hydrogen) atoms. The summed E-state index contributed by atoms with van der Waals surface area (Å²) in [7, 11) is 0. The first kappa shape index (κ1) is 16.9. The number of rotatable bonds is 4. The summed E-state index contributed by atoms with van der Waals surface area (Å²) < 4.78 is 0. The molecule has 1 fully saturated rings. The Kier molecular flexibility index (Phi) is 6.96. The number of hydrogen-bond acceptors (Lipinski definition) is 3. The van der Waals surface area contributed by atoms with Gasteiger partial charge in [-0.3, -0.25) is 9.78 Å². The van der Waals surface area contributed by atoms with Crippen molar-refractivity contribution in [2.45, 2.75) is 39.3 Å². The second-order valence-electron chi connectivity index (χ2n) is 5.46. The monoisotopic (exact) mass is 297 g/mol. The molecular formula is C15H24ClN3O. The summed E-state index contributed by atoms with van der Waals surface area (Å²) in [4.78, 5) is 18.7. The maximum Gasteiger partial charge on any atom is 0.227 e. The summed E-state index contributed by atoms with van der Waals surface area (Å²) in [6.45, 7) is 6.65.